The minimum absolute atomic E-state index is 0. The predicted octanol–water partition coefficient (Wildman–Crippen LogP) is 3.39. The van der Waals surface area contributed by atoms with Crippen molar-refractivity contribution < 1.29 is 9.18 Å². The molecule has 28 heavy (non-hydrogen) atoms. The zero-order chi connectivity index (χ0) is 18.6. The zero-order valence-corrected chi connectivity index (χ0v) is 16.7. The fourth-order valence-corrected chi connectivity index (χ4v) is 3.83. The van der Waals surface area contributed by atoms with Gasteiger partial charge in [-0.25, -0.2) is 4.39 Å². The highest BCUT2D eigenvalue weighted by Gasteiger charge is 2.34. The number of nitrogens with zero attached hydrogens (tertiary/aromatic N) is 2. The lowest BCUT2D eigenvalue weighted by Crippen LogP contribution is -2.50. The molecule has 4 rings (SSSR count). The Bertz CT molecular complexity index is 784. The summed E-state index contributed by atoms with van der Waals surface area (Å²) in [7, 11) is 0. The molecule has 1 unspecified atom stereocenters. The fourth-order valence-electron chi connectivity index (χ4n) is 3.83. The molecule has 1 saturated carbocycles. The topological polar surface area (TPSA) is 35.6 Å². The molecule has 1 saturated heterocycles. The van der Waals surface area contributed by atoms with Gasteiger partial charge in [0.2, 0.25) is 5.91 Å². The summed E-state index contributed by atoms with van der Waals surface area (Å²) in [6, 6.07) is 17.3. The van der Waals surface area contributed by atoms with Crippen molar-refractivity contribution in [1.29, 1.82) is 0 Å². The van der Waals surface area contributed by atoms with E-state index in [1.54, 1.807) is 12.1 Å². The lowest BCUT2D eigenvalue weighted by atomic mass is 10.0. The number of halogens is 2. The SMILES string of the molecule is Cl.O=C(CN1CCNCC1c1cccc(F)c1)N(Cc1ccccc1)C1CC1. The van der Waals surface area contributed by atoms with Gasteiger partial charge in [0.25, 0.3) is 0 Å². The van der Waals surface area contributed by atoms with Crippen molar-refractivity contribution in [1.82, 2.24) is 15.1 Å². The van der Waals surface area contributed by atoms with Gasteiger partial charge in [0.1, 0.15) is 5.82 Å². The van der Waals surface area contributed by atoms with Crippen LogP contribution in [0, 0.1) is 5.82 Å². The van der Waals surface area contributed by atoms with Crippen LogP contribution < -0.4 is 5.32 Å². The van der Waals surface area contributed by atoms with Crippen LogP contribution in [0.4, 0.5) is 4.39 Å². The Labute approximate surface area is 172 Å². The van der Waals surface area contributed by atoms with Crippen LogP contribution in [0.5, 0.6) is 0 Å². The number of piperazine rings is 1. The molecule has 1 atom stereocenters. The molecule has 0 bridgehead atoms. The molecule has 2 aliphatic rings. The van der Waals surface area contributed by atoms with Gasteiger partial charge in [-0.2, -0.15) is 0 Å². The number of hydrogen-bond acceptors (Lipinski definition) is 3. The van der Waals surface area contributed by atoms with Gasteiger partial charge in [0.15, 0.2) is 0 Å². The van der Waals surface area contributed by atoms with Crippen molar-refractivity contribution >= 4 is 18.3 Å². The van der Waals surface area contributed by atoms with E-state index in [4.69, 9.17) is 0 Å². The zero-order valence-electron chi connectivity index (χ0n) is 15.9. The van der Waals surface area contributed by atoms with Crippen LogP contribution in [0.1, 0.15) is 30.0 Å². The van der Waals surface area contributed by atoms with Gasteiger partial charge >= 0.3 is 0 Å². The van der Waals surface area contributed by atoms with Crippen LogP contribution in [0.3, 0.4) is 0 Å². The van der Waals surface area contributed by atoms with Crippen molar-refractivity contribution in [3.63, 3.8) is 0 Å². The molecule has 0 spiro atoms. The number of rotatable bonds is 6. The summed E-state index contributed by atoms with van der Waals surface area (Å²) < 4.78 is 13.7. The third kappa shape index (κ3) is 5.10. The largest absolute Gasteiger partial charge is 0.334 e. The lowest BCUT2D eigenvalue weighted by molar-refractivity contribution is -0.134. The van der Waals surface area contributed by atoms with Gasteiger partial charge in [-0.3, -0.25) is 9.69 Å². The second-order valence-electron chi connectivity index (χ2n) is 7.48. The summed E-state index contributed by atoms with van der Waals surface area (Å²) in [4.78, 5) is 17.3. The number of benzene rings is 2. The molecule has 2 aromatic rings. The Morgan fingerprint density at radius 3 is 2.64 bits per heavy atom. The van der Waals surface area contributed by atoms with Crippen molar-refractivity contribution in [2.24, 2.45) is 0 Å². The highest BCUT2D eigenvalue weighted by Crippen LogP contribution is 2.29. The van der Waals surface area contributed by atoms with E-state index in [0.717, 1.165) is 38.0 Å². The maximum absolute atomic E-state index is 13.7. The molecule has 1 N–H and O–H groups in total. The van der Waals surface area contributed by atoms with E-state index >= 15 is 0 Å². The van der Waals surface area contributed by atoms with Crippen LogP contribution in [0.2, 0.25) is 0 Å². The molecule has 150 valence electrons. The van der Waals surface area contributed by atoms with Gasteiger partial charge in [0, 0.05) is 38.3 Å². The molecule has 4 nitrogen and oxygen atoms in total. The normalized spacial score (nSPS) is 19.7. The van der Waals surface area contributed by atoms with Crippen LogP contribution in [-0.4, -0.2) is 47.9 Å². The first-order valence-electron chi connectivity index (χ1n) is 9.74. The van der Waals surface area contributed by atoms with Gasteiger partial charge in [-0.05, 0) is 36.1 Å². The molecule has 1 aliphatic heterocycles. The van der Waals surface area contributed by atoms with Gasteiger partial charge in [-0.1, -0.05) is 42.5 Å². The number of amides is 1. The molecular weight excluding hydrogens is 377 g/mol. The summed E-state index contributed by atoms with van der Waals surface area (Å²) in [6.07, 6.45) is 2.18. The van der Waals surface area contributed by atoms with Crippen molar-refractivity contribution in [3.8, 4) is 0 Å². The molecule has 1 heterocycles. The first kappa shape index (κ1) is 20.8. The number of carbonyl (C=O) groups is 1. The van der Waals surface area contributed by atoms with Crippen molar-refractivity contribution in [2.45, 2.75) is 31.5 Å². The van der Waals surface area contributed by atoms with Crippen LogP contribution in [0.15, 0.2) is 54.6 Å². The highest BCUT2D eigenvalue weighted by molar-refractivity contribution is 5.85. The predicted molar refractivity (Wildman–Crippen MR) is 111 cm³/mol. The maximum atomic E-state index is 13.7. The quantitative estimate of drug-likeness (QED) is 0.803. The second-order valence-corrected chi connectivity index (χ2v) is 7.48. The Hall–Kier alpha value is -1.95. The summed E-state index contributed by atoms with van der Waals surface area (Å²) in [6.45, 7) is 3.42. The average molecular weight is 404 g/mol. The van der Waals surface area contributed by atoms with Crippen LogP contribution in [-0.2, 0) is 11.3 Å². The summed E-state index contributed by atoms with van der Waals surface area (Å²) in [5.74, 6) is -0.0577. The van der Waals surface area contributed by atoms with E-state index in [-0.39, 0.29) is 30.2 Å². The van der Waals surface area contributed by atoms with Gasteiger partial charge in [-0.15, -0.1) is 12.4 Å². The average Bonchev–Trinajstić information content (AvgIpc) is 3.52. The van der Waals surface area contributed by atoms with Gasteiger partial charge in [0.05, 0.1) is 6.54 Å². The molecule has 2 aromatic carbocycles. The van der Waals surface area contributed by atoms with Gasteiger partial charge < -0.3 is 10.2 Å². The third-order valence-electron chi connectivity index (χ3n) is 5.43. The smallest absolute Gasteiger partial charge is 0.237 e. The van der Waals surface area contributed by atoms with Crippen LogP contribution >= 0.6 is 12.4 Å². The Kier molecular flexibility index (Phi) is 7.05. The summed E-state index contributed by atoms with van der Waals surface area (Å²) >= 11 is 0. The second kappa shape index (κ2) is 9.50. The molecule has 0 radical (unpaired) electrons. The Morgan fingerprint density at radius 2 is 1.93 bits per heavy atom. The minimum Gasteiger partial charge on any atom is -0.334 e. The summed E-state index contributed by atoms with van der Waals surface area (Å²) in [5, 5.41) is 3.37. The summed E-state index contributed by atoms with van der Waals surface area (Å²) in [5.41, 5.74) is 2.09. The minimum atomic E-state index is -0.229. The highest BCUT2D eigenvalue weighted by atomic mass is 35.5. The molecule has 6 heteroatoms. The van der Waals surface area contributed by atoms with E-state index in [0.29, 0.717) is 19.1 Å². The first-order chi connectivity index (χ1) is 13.2. The first-order valence-corrected chi connectivity index (χ1v) is 9.74. The van der Waals surface area contributed by atoms with E-state index in [2.05, 4.69) is 22.3 Å². The van der Waals surface area contributed by atoms with E-state index in [1.807, 2.05) is 29.2 Å². The van der Waals surface area contributed by atoms with Crippen molar-refractivity contribution in [2.75, 3.05) is 26.2 Å². The molecule has 1 amide bonds. The lowest BCUT2D eigenvalue weighted by Gasteiger charge is -2.37. The maximum Gasteiger partial charge on any atom is 0.237 e. The number of carbonyl (C=O) groups excluding carboxylic acids is 1. The van der Waals surface area contributed by atoms with E-state index < -0.39 is 0 Å². The fraction of sp³-hybridized carbons (Fsp3) is 0.409. The molecular formula is C22H27ClFN3O. The van der Waals surface area contributed by atoms with Crippen molar-refractivity contribution in [3.05, 3.63) is 71.5 Å². The standard InChI is InChI=1S/C22H26FN3O.ClH/c23-19-8-4-7-18(13-19)21-14-24-11-12-25(21)16-22(27)26(20-9-10-20)15-17-5-2-1-3-6-17;/h1-8,13,20-21,24H,9-12,14-16H2;1H. The molecule has 0 aromatic heterocycles. The van der Waals surface area contributed by atoms with E-state index in [9.17, 15) is 9.18 Å². The van der Waals surface area contributed by atoms with Crippen LogP contribution in [0.25, 0.3) is 0 Å². The van der Waals surface area contributed by atoms with E-state index in [1.165, 1.54) is 11.6 Å². The Morgan fingerprint density at radius 1 is 1.14 bits per heavy atom. The molecule has 1 aliphatic carbocycles. The third-order valence-corrected chi connectivity index (χ3v) is 5.43. The molecule has 2 fully saturated rings. The monoisotopic (exact) mass is 403 g/mol. The number of nitrogens with one attached hydrogen (secondary N) is 1. The Balaban J connectivity index is 0.00000225. The number of hydrogen-bond donors (Lipinski definition) is 1.